The molecule has 1 saturated heterocycles. The van der Waals surface area contributed by atoms with Crippen LogP contribution in [0.15, 0.2) is 18.2 Å². The quantitative estimate of drug-likeness (QED) is 0.806. The van der Waals surface area contributed by atoms with Crippen molar-refractivity contribution in [3.8, 4) is 5.75 Å². The molecule has 0 spiro atoms. The minimum absolute atomic E-state index is 0.0406. The second kappa shape index (κ2) is 5.27. The Labute approximate surface area is 117 Å². The Kier molecular flexibility index (Phi) is 4.09. The van der Waals surface area contributed by atoms with E-state index in [4.69, 9.17) is 27.9 Å². The number of benzene rings is 1. The van der Waals surface area contributed by atoms with Crippen LogP contribution >= 0.6 is 23.2 Å². The van der Waals surface area contributed by atoms with E-state index in [2.05, 4.69) is 0 Å². The van der Waals surface area contributed by atoms with Crippen LogP contribution < -0.4 is 4.74 Å². The molecule has 6 heteroatoms. The van der Waals surface area contributed by atoms with Gasteiger partial charge in [-0.05, 0) is 30.0 Å². The predicted octanol–water partition coefficient (Wildman–Crippen LogP) is 3.06. The normalized spacial score (nSPS) is 23.8. The highest BCUT2D eigenvalue weighted by atomic mass is 35.5. The number of rotatable bonds is 3. The average molecular weight is 309 g/mol. The summed E-state index contributed by atoms with van der Waals surface area (Å²) in [4.78, 5) is 0. The standard InChI is InChI=1S/C12H14Cl2O3S/c1-17-11-3-2-8(6-10(11)13)12(14)9-4-5-18(15,16)7-9/h2-3,6,9,12H,4-5,7H2,1H3. The smallest absolute Gasteiger partial charge is 0.150 e. The first-order valence-corrected chi connectivity index (χ1v) is 8.24. The highest BCUT2D eigenvalue weighted by molar-refractivity contribution is 7.91. The van der Waals surface area contributed by atoms with Gasteiger partial charge in [-0.3, -0.25) is 0 Å². The van der Waals surface area contributed by atoms with Gasteiger partial charge in [-0.15, -0.1) is 11.6 Å². The van der Waals surface area contributed by atoms with Crippen LogP contribution in [0.2, 0.25) is 5.02 Å². The van der Waals surface area contributed by atoms with E-state index in [1.807, 2.05) is 6.07 Å². The molecule has 0 radical (unpaired) electrons. The zero-order chi connectivity index (χ0) is 13.3. The highest BCUT2D eigenvalue weighted by Crippen LogP contribution is 2.38. The van der Waals surface area contributed by atoms with Gasteiger partial charge < -0.3 is 4.74 Å². The number of hydrogen-bond acceptors (Lipinski definition) is 3. The third kappa shape index (κ3) is 2.92. The van der Waals surface area contributed by atoms with E-state index in [0.29, 0.717) is 17.2 Å². The molecule has 2 rings (SSSR count). The Morgan fingerprint density at radius 3 is 2.67 bits per heavy atom. The van der Waals surface area contributed by atoms with E-state index in [0.717, 1.165) is 5.56 Å². The SMILES string of the molecule is COc1ccc(C(Cl)C2CCS(=O)(=O)C2)cc1Cl. The van der Waals surface area contributed by atoms with Gasteiger partial charge in [0.15, 0.2) is 9.84 Å². The third-order valence-corrected chi connectivity index (χ3v) is 5.87. The first-order valence-electron chi connectivity index (χ1n) is 5.61. The number of sulfone groups is 1. The Hall–Kier alpha value is -0.450. The summed E-state index contributed by atoms with van der Waals surface area (Å²) >= 11 is 12.4. The lowest BCUT2D eigenvalue weighted by Crippen LogP contribution is -2.10. The Morgan fingerprint density at radius 2 is 2.17 bits per heavy atom. The molecule has 1 aromatic carbocycles. The van der Waals surface area contributed by atoms with Gasteiger partial charge in [0.1, 0.15) is 5.75 Å². The summed E-state index contributed by atoms with van der Waals surface area (Å²) in [6.07, 6.45) is 0.611. The maximum absolute atomic E-state index is 11.4. The monoisotopic (exact) mass is 308 g/mol. The molecule has 1 aliphatic heterocycles. The van der Waals surface area contributed by atoms with Crippen LogP contribution in [0, 0.1) is 5.92 Å². The van der Waals surface area contributed by atoms with Crippen molar-refractivity contribution in [1.82, 2.24) is 0 Å². The molecule has 1 aromatic rings. The van der Waals surface area contributed by atoms with Crippen LogP contribution in [0.1, 0.15) is 17.4 Å². The molecule has 0 N–H and O–H groups in total. The van der Waals surface area contributed by atoms with Gasteiger partial charge in [-0.2, -0.15) is 0 Å². The number of ether oxygens (including phenoxy) is 1. The maximum atomic E-state index is 11.4. The van der Waals surface area contributed by atoms with Crippen molar-refractivity contribution < 1.29 is 13.2 Å². The van der Waals surface area contributed by atoms with Crippen molar-refractivity contribution >= 4 is 33.0 Å². The molecule has 0 bridgehead atoms. The van der Waals surface area contributed by atoms with E-state index in [1.54, 1.807) is 19.2 Å². The third-order valence-electron chi connectivity index (χ3n) is 3.18. The molecule has 100 valence electrons. The molecule has 1 fully saturated rings. The van der Waals surface area contributed by atoms with Crippen LogP contribution in [0.3, 0.4) is 0 Å². The van der Waals surface area contributed by atoms with E-state index in [9.17, 15) is 8.42 Å². The fourth-order valence-corrected chi connectivity index (χ4v) is 4.74. The molecule has 18 heavy (non-hydrogen) atoms. The summed E-state index contributed by atoms with van der Waals surface area (Å²) in [6, 6.07) is 5.31. The summed E-state index contributed by atoms with van der Waals surface area (Å²) in [6.45, 7) is 0. The maximum Gasteiger partial charge on any atom is 0.150 e. The van der Waals surface area contributed by atoms with Crippen LogP contribution in [-0.2, 0) is 9.84 Å². The second-order valence-electron chi connectivity index (χ2n) is 4.46. The molecule has 1 heterocycles. The first kappa shape index (κ1) is 14.0. The second-order valence-corrected chi connectivity index (χ2v) is 7.56. The van der Waals surface area contributed by atoms with Crippen LogP contribution in [0.25, 0.3) is 0 Å². The fourth-order valence-electron chi connectivity index (χ4n) is 2.18. The molecule has 2 unspecified atom stereocenters. The van der Waals surface area contributed by atoms with Crippen molar-refractivity contribution in [2.24, 2.45) is 5.92 Å². The molecular formula is C12H14Cl2O3S. The number of hydrogen-bond donors (Lipinski definition) is 0. The molecule has 1 aliphatic rings. The number of halogens is 2. The Bertz CT molecular complexity index is 542. The summed E-state index contributed by atoms with van der Waals surface area (Å²) in [5.74, 6) is 0.930. The van der Waals surface area contributed by atoms with E-state index in [-0.39, 0.29) is 22.8 Å². The van der Waals surface area contributed by atoms with E-state index in [1.165, 1.54) is 0 Å². The summed E-state index contributed by atoms with van der Waals surface area (Å²) in [5, 5.41) is 0.159. The molecule has 0 amide bonds. The number of alkyl halides is 1. The Balaban J connectivity index is 2.19. The van der Waals surface area contributed by atoms with E-state index >= 15 is 0 Å². The Morgan fingerprint density at radius 1 is 1.44 bits per heavy atom. The predicted molar refractivity (Wildman–Crippen MR) is 73.4 cm³/mol. The van der Waals surface area contributed by atoms with Crippen LogP contribution in [0.5, 0.6) is 5.75 Å². The minimum atomic E-state index is -2.91. The first-order chi connectivity index (χ1) is 8.43. The van der Waals surface area contributed by atoms with Gasteiger partial charge >= 0.3 is 0 Å². The number of methoxy groups -OCH3 is 1. The average Bonchev–Trinajstić information content (AvgIpc) is 2.68. The van der Waals surface area contributed by atoms with Gasteiger partial charge in [0.2, 0.25) is 0 Å². The molecule has 2 atom stereocenters. The highest BCUT2D eigenvalue weighted by Gasteiger charge is 2.33. The summed E-state index contributed by atoms with van der Waals surface area (Å²) < 4.78 is 27.9. The van der Waals surface area contributed by atoms with Crippen LogP contribution in [-0.4, -0.2) is 27.0 Å². The van der Waals surface area contributed by atoms with Crippen molar-refractivity contribution in [3.63, 3.8) is 0 Å². The molecular weight excluding hydrogens is 295 g/mol. The zero-order valence-electron chi connectivity index (χ0n) is 9.90. The van der Waals surface area contributed by atoms with Gasteiger partial charge in [0, 0.05) is 0 Å². The lowest BCUT2D eigenvalue weighted by atomic mass is 9.98. The lowest BCUT2D eigenvalue weighted by molar-refractivity contribution is 0.414. The van der Waals surface area contributed by atoms with Gasteiger partial charge in [-0.25, -0.2) is 8.42 Å². The van der Waals surface area contributed by atoms with Crippen molar-refractivity contribution in [2.45, 2.75) is 11.8 Å². The zero-order valence-corrected chi connectivity index (χ0v) is 12.2. The summed E-state index contributed by atoms with van der Waals surface area (Å²) in [5.41, 5.74) is 0.838. The molecule has 0 aromatic heterocycles. The molecule has 0 saturated carbocycles. The van der Waals surface area contributed by atoms with Crippen molar-refractivity contribution in [3.05, 3.63) is 28.8 Å². The van der Waals surface area contributed by atoms with Crippen molar-refractivity contribution in [1.29, 1.82) is 0 Å². The largest absolute Gasteiger partial charge is 0.495 e. The molecule has 0 aliphatic carbocycles. The lowest BCUT2D eigenvalue weighted by Gasteiger charge is -2.16. The van der Waals surface area contributed by atoms with Gasteiger partial charge in [0.05, 0.1) is 29.0 Å². The fraction of sp³-hybridized carbons (Fsp3) is 0.500. The van der Waals surface area contributed by atoms with Gasteiger partial charge in [0.25, 0.3) is 0 Å². The van der Waals surface area contributed by atoms with E-state index < -0.39 is 9.84 Å². The topological polar surface area (TPSA) is 43.4 Å². The van der Waals surface area contributed by atoms with Gasteiger partial charge in [-0.1, -0.05) is 17.7 Å². The summed E-state index contributed by atoms with van der Waals surface area (Å²) in [7, 11) is -1.37. The van der Waals surface area contributed by atoms with Crippen molar-refractivity contribution in [2.75, 3.05) is 18.6 Å². The van der Waals surface area contributed by atoms with Crippen LogP contribution in [0.4, 0.5) is 0 Å². The minimum Gasteiger partial charge on any atom is -0.495 e. The molecule has 3 nitrogen and oxygen atoms in total.